The molecule has 0 aromatic carbocycles. The Labute approximate surface area is 104 Å². The Hall–Kier alpha value is -1.86. The largest absolute Gasteiger partial charge is 0.459 e. The van der Waals surface area contributed by atoms with Gasteiger partial charge in [0.25, 0.3) is 5.91 Å². The van der Waals surface area contributed by atoms with Gasteiger partial charge in [-0.15, -0.1) is 0 Å². The van der Waals surface area contributed by atoms with E-state index < -0.39 is 5.91 Å². The Bertz CT molecular complexity index is 371. The highest BCUT2D eigenvalue weighted by Gasteiger charge is 2.15. The molecule has 7 heteroatoms. The van der Waals surface area contributed by atoms with E-state index in [-0.39, 0.29) is 44.5 Å². The highest BCUT2D eigenvalue weighted by atomic mass is 16.3. The third kappa shape index (κ3) is 4.19. The van der Waals surface area contributed by atoms with Crippen LogP contribution in [0.3, 0.4) is 0 Å². The van der Waals surface area contributed by atoms with Gasteiger partial charge in [-0.1, -0.05) is 0 Å². The minimum atomic E-state index is -0.485. The Kier molecular flexibility index (Phi) is 5.89. The summed E-state index contributed by atoms with van der Waals surface area (Å²) >= 11 is 0. The highest BCUT2D eigenvalue weighted by molar-refractivity contribution is 5.94. The first kappa shape index (κ1) is 14.2. The topological polar surface area (TPSA) is 103 Å². The second kappa shape index (κ2) is 7.46. The predicted octanol–water partition coefficient (Wildman–Crippen LogP) is -1.18. The summed E-state index contributed by atoms with van der Waals surface area (Å²) in [7, 11) is 0. The molecular formula is C11H16N2O5. The second-order valence-electron chi connectivity index (χ2n) is 3.49. The van der Waals surface area contributed by atoms with E-state index in [4.69, 9.17) is 14.6 Å². The van der Waals surface area contributed by atoms with Crippen molar-refractivity contribution in [2.45, 2.75) is 0 Å². The maximum absolute atomic E-state index is 11.7. The van der Waals surface area contributed by atoms with Crippen molar-refractivity contribution < 1.29 is 24.2 Å². The highest BCUT2D eigenvalue weighted by Crippen LogP contribution is 1.99. The van der Waals surface area contributed by atoms with Gasteiger partial charge < -0.3 is 24.8 Å². The molecule has 0 unspecified atom stereocenters. The van der Waals surface area contributed by atoms with Crippen LogP contribution >= 0.6 is 0 Å². The fourth-order valence-electron chi connectivity index (χ4n) is 1.37. The van der Waals surface area contributed by atoms with Gasteiger partial charge in [0, 0.05) is 13.1 Å². The van der Waals surface area contributed by atoms with Crippen molar-refractivity contribution in [3.8, 4) is 0 Å². The molecule has 1 heterocycles. The van der Waals surface area contributed by atoms with Crippen LogP contribution in [0.2, 0.25) is 0 Å². The summed E-state index contributed by atoms with van der Waals surface area (Å²) in [4.78, 5) is 24.4. The predicted molar refractivity (Wildman–Crippen MR) is 61.8 cm³/mol. The quantitative estimate of drug-likeness (QED) is 0.570. The van der Waals surface area contributed by atoms with Gasteiger partial charge in [0.2, 0.25) is 5.91 Å². The van der Waals surface area contributed by atoms with Crippen LogP contribution in [0.25, 0.3) is 0 Å². The van der Waals surface area contributed by atoms with E-state index in [1.165, 1.54) is 17.2 Å². The smallest absolute Gasteiger partial charge is 0.287 e. The molecule has 18 heavy (non-hydrogen) atoms. The normalized spacial score (nSPS) is 10.1. The number of amides is 2. The molecule has 0 aliphatic carbocycles. The molecule has 0 saturated heterocycles. The molecule has 0 aliphatic heterocycles. The number of hydrogen-bond donors (Lipinski definition) is 3. The van der Waals surface area contributed by atoms with Crippen LogP contribution < -0.4 is 5.32 Å². The number of aliphatic hydroxyl groups is 2. The summed E-state index contributed by atoms with van der Waals surface area (Å²) in [5.74, 6) is -0.738. The number of aliphatic hydroxyl groups excluding tert-OH is 2. The van der Waals surface area contributed by atoms with Gasteiger partial charge in [0.05, 0.1) is 26.0 Å². The van der Waals surface area contributed by atoms with Crippen LogP contribution in [-0.4, -0.2) is 59.8 Å². The van der Waals surface area contributed by atoms with Crippen molar-refractivity contribution in [2.24, 2.45) is 0 Å². The number of hydrogen-bond acceptors (Lipinski definition) is 5. The van der Waals surface area contributed by atoms with E-state index in [1.807, 2.05) is 0 Å². The van der Waals surface area contributed by atoms with E-state index in [2.05, 4.69) is 5.32 Å². The Balaban J connectivity index is 2.41. The van der Waals surface area contributed by atoms with Crippen molar-refractivity contribution >= 4 is 11.8 Å². The molecule has 0 radical (unpaired) electrons. The minimum absolute atomic E-state index is 0.121. The molecular weight excluding hydrogens is 240 g/mol. The van der Waals surface area contributed by atoms with Crippen molar-refractivity contribution in [1.29, 1.82) is 0 Å². The lowest BCUT2D eigenvalue weighted by atomic mass is 10.4. The molecule has 0 aliphatic rings. The SMILES string of the molecule is O=C(NCC(=O)N(CCO)CCO)c1ccco1. The van der Waals surface area contributed by atoms with Crippen LogP contribution in [0, 0.1) is 0 Å². The standard InChI is InChI=1S/C11H16N2O5/c14-5-3-13(4-6-15)10(16)8-12-11(17)9-2-1-7-18-9/h1-2,7,14-15H,3-6,8H2,(H,12,17). The Morgan fingerprint density at radius 1 is 1.28 bits per heavy atom. The second-order valence-corrected chi connectivity index (χ2v) is 3.49. The lowest BCUT2D eigenvalue weighted by Gasteiger charge is -2.20. The minimum Gasteiger partial charge on any atom is -0.459 e. The van der Waals surface area contributed by atoms with Crippen LogP contribution in [0.15, 0.2) is 22.8 Å². The number of carbonyl (C=O) groups is 2. The summed E-state index contributed by atoms with van der Waals surface area (Å²) in [5.41, 5.74) is 0. The van der Waals surface area contributed by atoms with Gasteiger partial charge in [-0.2, -0.15) is 0 Å². The fraction of sp³-hybridized carbons (Fsp3) is 0.455. The van der Waals surface area contributed by atoms with E-state index in [0.29, 0.717) is 0 Å². The maximum atomic E-state index is 11.7. The van der Waals surface area contributed by atoms with Crippen LogP contribution in [0.4, 0.5) is 0 Å². The number of nitrogens with zero attached hydrogens (tertiary/aromatic N) is 1. The van der Waals surface area contributed by atoms with Crippen LogP contribution in [0.5, 0.6) is 0 Å². The molecule has 0 spiro atoms. The van der Waals surface area contributed by atoms with Crippen LogP contribution in [0.1, 0.15) is 10.6 Å². The first-order valence-electron chi connectivity index (χ1n) is 5.50. The lowest BCUT2D eigenvalue weighted by molar-refractivity contribution is -0.131. The molecule has 0 saturated carbocycles. The molecule has 1 aromatic heterocycles. The van der Waals surface area contributed by atoms with Crippen molar-refractivity contribution in [3.05, 3.63) is 24.2 Å². The molecule has 1 rings (SSSR count). The van der Waals surface area contributed by atoms with Crippen molar-refractivity contribution in [2.75, 3.05) is 32.8 Å². The molecule has 0 atom stereocenters. The van der Waals surface area contributed by atoms with Gasteiger partial charge >= 0.3 is 0 Å². The average Bonchev–Trinajstić information content (AvgIpc) is 2.89. The third-order valence-electron chi connectivity index (χ3n) is 2.24. The van der Waals surface area contributed by atoms with Gasteiger partial charge in [0.1, 0.15) is 0 Å². The molecule has 7 nitrogen and oxygen atoms in total. The Morgan fingerprint density at radius 3 is 2.44 bits per heavy atom. The summed E-state index contributed by atoms with van der Waals surface area (Å²) in [5, 5.41) is 19.9. The van der Waals surface area contributed by atoms with Crippen molar-refractivity contribution in [1.82, 2.24) is 10.2 Å². The first-order chi connectivity index (χ1) is 8.69. The maximum Gasteiger partial charge on any atom is 0.287 e. The molecule has 3 N–H and O–H groups in total. The summed E-state index contributed by atoms with van der Waals surface area (Å²) in [6, 6.07) is 3.06. The number of carbonyl (C=O) groups excluding carboxylic acids is 2. The zero-order chi connectivity index (χ0) is 13.4. The monoisotopic (exact) mass is 256 g/mol. The Morgan fingerprint density at radius 2 is 1.94 bits per heavy atom. The summed E-state index contributed by atoms with van der Waals surface area (Å²) < 4.78 is 4.87. The number of furan rings is 1. The molecule has 100 valence electrons. The van der Waals surface area contributed by atoms with Crippen LogP contribution in [-0.2, 0) is 4.79 Å². The van der Waals surface area contributed by atoms with E-state index in [9.17, 15) is 9.59 Å². The fourth-order valence-corrected chi connectivity index (χ4v) is 1.37. The third-order valence-corrected chi connectivity index (χ3v) is 2.24. The van der Waals surface area contributed by atoms with E-state index in [0.717, 1.165) is 0 Å². The van der Waals surface area contributed by atoms with Gasteiger partial charge in [-0.05, 0) is 12.1 Å². The van der Waals surface area contributed by atoms with E-state index >= 15 is 0 Å². The number of nitrogens with one attached hydrogen (secondary N) is 1. The summed E-state index contributed by atoms with van der Waals surface area (Å²) in [6.45, 7) is -0.360. The number of rotatable bonds is 7. The van der Waals surface area contributed by atoms with Gasteiger partial charge in [-0.3, -0.25) is 9.59 Å². The molecule has 0 bridgehead atoms. The van der Waals surface area contributed by atoms with E-state index in [1.54, 1.807) is 6.07 Å². The molecule has 2 amide bonds. The van der Waals surface area contributed by atoms with Gasteiger partial charge in [-0.25, -0.2) is 0 Å². The van der Waals surface area contributed by atoms with Gasteiger partial charge in [0.15, 0.2) is 5.76 Å². The summed E-state index contributed by atoms with van der Waals surface area (Å²) in [6.07, 6.45) is 1.36. The molecule has 1 aromatic rings. The lowest BCUT2D eigenvalue weighted by Crippen LogP contribution is -2.42. The zero-order valence-corrected chi connectivity index (χ0v) is 9.83. The zero-order valence-electron chi connectivity index (χ0n) is 9.83. The first-order valence-corrected chi connectivity index (χ1v) is 5.50. The molecule has 0 fully saturated rings. The van der Waals surface area contributed by atoms with Crippen molar-refractivity contribution in [3.63, 3.8) is 0 Å². The average molecular weight is 256 g/mol.